The van der Waals surface area contributed by atoms with Crippen molar-refractivity contribution in [1.82, 2.24) is 0 Å². The normalized spacial score (nSPS) is 12.5. The standard InChI is InChI=1S/C17H13ClF3NO3/c18-12-7-6-11(17(19,20)21)8-13(12)22-14(16(24)25)9-15(23)10-4-2-1-3-5-10/h1-8,14,22H,9H2,(H,24,25)/p-1/t14-/m0/s1. The molecule has 132 valence electrons. The summed E-state index contributed by atoms with van der Waals surface area (Å²) in [6, 6.07) is 8.84. The Hall–Kier alpha value is -2.54. The van der Waals surface area contributed by atoms with Gasteiger partial charge in [-0.1, -0.05) is 41.9 Å². The van der Waals surface area contributed by atoms with Crippen molar-refractivity contribution >= 4 is 29.0 Å². The largest absolute Gasteiger partial charge is 0.548 e. The van der Waals surface area contributed by atoms with E-state index in [-0.39, 0.29) is 16.3 Å². The first-order valence-electron chi connectivity index (χ1n) is 7.11. The highest BCUT2D eigenvalue weighted by molar-refractivity contribution is 6.33. The molecule has 2 aromatic carbocycles. The number of anilines is 1. The Morgan fingerprint density at radius 2 is 1.76 bits per heavy atom. The Labute approximate surface area is 146 Å². The Bertz CT molecular complexity index is 778. The van der Waals surface area contributed by atoms with Gasteiger partial charge >= 0.3 is 6.18 Å². The number of hydrogen-bond donors (Lipinski definition) is 1. The molecule has 25 heavy (non-hydrogen) atoms. The van der Waals surface area contributed by atoms with Crippen LogP contribution in [0.1, 0.15) is 22.3 Å². The van der Waals surface area contributed by atoms with Crippen LogP contribution in [0.3, 0.4) is 0 Å². The number of carbonyl (C=O) groups is 2. The van der Waals surface area contributed by atoms with E-state index in [9.17, 15) is 27.9 Å². The minimum absolute atomic E-state index is 0.105. The van der Waals surface area contributed by atoms with Crippen LogP contribution in [0.5, 0.6) is 0 Å². The molecule has 0 aliphatic heterocycles. The van der Waals surface area contributed by atoms with Crippen molar-refractivity contribution in [2.24, 2.45) is 0 Å². The van der Waals surface area contributed by atoms with Crippen LogP contribution in [0.25, 0.3) is 0 Å². The molecule has 0 saturated heterocycles. The zero-order valence-electron chi connectivity index (χ0n) is 12.6. The second-order valence-corrected chi connectivity index (χ2v) is 5.61. The van der Waals surface area contributed by atoms with Crippen LogP contribution in [0.2, 0.25) is 5.02 Å². The molecule has 0 unspecified atom stereocenters. The van der Waals surface area contributed by atoms with Crippen molar-refractivity contribution in [2.45, 2.75) is 18.6 Å². The van der Waals surface area contributed by atoms with Crippen LogP contribution in [0.4, 0.5) is 18.9 Å². The van der Waals surface area contributed by atoms with E-state index in [4.69, 9.17) is 11.6 Å². The second kappa shape index (κ2) is 7.57. The molecule has 0 heterocycles. The minimum atomic E-state index is -4.61. The van der Waals surface area contributed by atoms with E-state index in [1.807, 2.05) is 0 Å². The van der Waals surface area contributed by atoms with Gasteiger partial charge in [0.25, 0.3) is 0 Å². The van der Waals surface area contributed by atoms with E-state index in [1.54, 1.807) is 18.2 Å². The maximum Gasteiger partial charge on any atom is 0.416 e. The number of nitrogens with one attached hydrogen (secondary N) is 1. The molecule has 0 radical (unpaired) electrons. The van der Waals surface area contributed by atoms with Crippen molar-refractivity contribution in [3.63, 3.8) is 0 Å². The SMILES string of the molecule is O=C(C[C@H](Nc1cc(C(F)(F)F)ccc1Cl)C(=O)[O-])c1ccccc1. The molecule has 0 fully saturated rings. The lowest BCUT2D eigenvalue weighted by atomic mass is 10.0. The highest BCUT2D eigenvalue weighted by Crippen LogP contribution is 2.34. The van der Waals surface area contributed by atoms with E-state index < -0.39 is 36.0 Å². The van der Waals surface area contributed by atoms with Crippen molar-refractivity contribution in [2.75, 3.05) is 5.32 Å². The molecule has 0 bridgehead atoms. The molecule has 1 atom stereocenters. The van der Waals surface area contributed by atoms with Gasteiger partial charge in [-0.3, -0.25) is 4.79 Å². The quantitative estimate of drug-likeness (QED) is 0.793. The third kappa shape index (κ3) is 4.96. The molecule has 0 amide bonds. The number of carbonyl (C=O) groups excluding carboxylic acids is 2. The molecule has 4 nitrogen and oxygen atoms in total. The Morgan fingerprint density at radius 3 is 2.32 bits per heavy atom. The van der Waals surface area contributed by atoms with Crippen LogP contribution in [-0.4, -0.2) is 17.8 Å². The van der Waals surface area contributed by atoms with Crippen molar-refractivity contribution in [1.29, 1.82) is 0 Å². The lowest BCUT2D eigenvalue weighted by Crippen LogP contribution is -2.42. The van der Waals surface area contributed by atoms with E-state index in [2.05, 4.69) is 5.32 Å². The van der Waals surface area contributed by atoms with E-state index in [0.717, 1.165) is 12.1 Å². The fraction of sp³-hybridized carbons (Fsp3) is 0.176. The summed E-state index contributed by atoms with van der Waals surface area (Å²) >= 11 is 5.82. The van der Waals surface area contributed by atoms with Gasteiger partial charge in [-0.25, -0.2) is 0 Å². The predicted molar refractivity (Wildman–Crippen MR) is 84.3 cm³/mol. The second-order valence-electron chi connectivity index (χ2n) is 5.20. The maximum atomic E-state index is 12.8. The van der Waals surface area contributed by atoms with Gasteiger partial charge in [-0.15, -0.1) is 0 Å². The average Bonchev–Trinajstić information content (AvgIpc) is 2.55. The number of halogens is 4. The van der Waals surface area contributed by atoms with Crippen LogP contribution in [0.15, 0.2) is 48.5 Å². The number of aliphatic carboxylic acids is 1. The fourth-order valence-electron chi connectivity index (χ4n) is 2.12. The van der Waals surface area contributed by atoms with Crippen LogP contribution in [0, 0.1) is 0 Å². The lowest BCUT2D eigenvalue weighted by molar-refractivity contribution is -0.306. The molecule has 0 saturated carbocycles. The average molecular weight is 371 g/mol. The maximum absolute atomic E-state index is 12.8. The number of carboxylic acids is 1. The van der Waals surface area contributed by atoms with Gasteiger partial charge in [-0.2, -0.15) is 13.2 Å². The fourth-order valence-corrected chi connectivity index (χ4v) is 2.29. The van der Waals surface area contributed by atoms with E-state index >= 15 is 0 Å². The summed E-state index contributed by atoms with van der Waals surface area (Å²) in [6.45, 7) is 0. The van der Waals surface area contributed by atoms with E-state index in [1.165, 1.54) is 12.1 Å². The molecule has 0 aliphatic rings. The molecule has 1 N–H and O–H groups in total. The van der Waals surface area contributed by atoms with Gasteiger partial charge < -0.3 is 15.2 Å². The third-order valence-electron chi connectivity index (χ3n) is 3.39. The van der Waals surface area contributed by atoms with Crippen LogP contribution < -0.4 is 10.4 Å². The first-order valence-corrected chi connectivity index (χ1v) is 7.48. The molecule has 2 rings (SSSR count). The molecule has 0 aliphatic carbocycles. The molecule has 0 aromatic heterocycles. The smallest absolute Gasteiger partial charge is 0.416 e. The molecule has 0 spiro atoms. The Morgan fingerprint density at radius 1 is 1.12 bits per heavy atom. The van der Waals surface area contributed by atoms with Gasteiger partial charge in [-0.05, 0) is 18.2 Å². The predicted octanol–water partition coefficient (Wildman–Crippen LogP) is 3.16. The number of Topliss-reactive ketones (excluding diaryl/α,β-unsaturated/α-hetero) is 1. The molecular formula is C17H12ClF3NO3-. The highest BCUT2D eigenvalue weighted by atomic mass is 35.5. The topological polar surface area (TPSA) is 69.2 Å². The third-order valence-corrected chi connectivity index (χ3v) is 3.72. The number of alkyl halides is 3. The monoisotopic (exact) mass is 370 g/mol. The number of ketones is 1. The van der Waals surface area contributed by atoms with Gasteiger partial charge in [0.15, 0.2) is 5.78 Å². The first-order chi connectivity index (χ1) is 11.7. The summed E-state index contributed by atoms with van der Waals surface area (Å²) in [5.74, 6) is -2.12. The molecule has 8 heteroatoms. The van der Waals surface area contributed by atoms with Crippen molar-refractivity contribution < 1.29 is 27.9 Å². The van der Waals surface area contributed by atoms with Crippen molar-refractivity contribution in [3.05, 3.63) is 64.7 Å². The lowest BCUT2D eigenvalue weighted by Gasteiger charge is -2.22. The van der Waals surface area contributed by atoms with Gasteiger partial charge in [0.1, 0.15) is 0 Å². The summed E-state index contributed by atoms with van der Waals surface area (Å²) < 4.78 is 38.3. The minimum Gasteiger partial charge on any atom is -0.548 e. The zero-order valence-corrected chi connectivity index (χ0v) is 13.4. The Balaban J connectivity index is 2.22. The highest BCUT2D eigenvalue weighted by Gasteiger charge is 2.31. The van der Waals surface area contributed by atoms with Gasteiger partial charge in [0, 0.05) is 12.0 Å². The van der Waals surface area contributed by atoms with Crippen LogP contribution >= 0.6 is 11.6 Å². The summed E-state index contributed by atoms with van der Waals surface area (Å²) in [5.41, 5.74) is -0.955. The molecular weight excluding hydrogens is 359 g/mol. The summed E-state index contributed by atoms with van der Waals surface area (Å²) in [4.78, 5) is 23.4. The summed E-state index contributed by atoms with van der Waals surface area (Å²) in [6.07, 6.45) is -5.11. The number of carboxylic acid groups (broad SMARTS) is 1. The Kier molecular flexibility index (Phi) is 5.69. The van der Waals surface area contributed by atoms with E-state index in [0.29, 0.717) is 6.07 Å². The van der Waals surface area contributed by atoms with Crippen LogP contribution in [-0.2, 0) is 11.0 Å². The number of benzene rings is 2. The van der Waals surface area contributed by atoms with Gasteiger partial charge in [0.05, 0.1) is 28.3 Å². The van der Waals surface area contributed by atoms with Crippen molar-refractivity contribution in [3.8, 4) is 0 Å². The number of rotatable bonds is 6. The van der Waals surface area contributed by atoms with Gasteiger partial charge in [0.2, 0.25) is 0 Å². The molecule has 2 aromatic rings. The zero-order chi connectivity index (χ0) is 18.6. The first kappa shape index (κ1) is 18.8. The summed E-state index contributed by atoms with van der Waals surface area (Å²) in [5, 5.41) is 13.5. The number of hydrogen-bond acceptors (Lipinski definition) is 4. The summed E-state index contributed by atoms with van der Waals surface area (Å²) in [7, 11) is 0.